The van der Waals surface area contributed by atoms with E-state index in [1.165, 1.54) is 5.56 Å². The van der Waals surface area contributed by atoms with Gasteiger partial charge in [0.1, 0.15) is 11.4 Å². The van der Waals surface area contributed by atoms with Gasteiger partial charge in [0, 0.05) is 19.5 Å². The molecule has 0 saturated carbocycles. The molecule has 0 aliphatic carbocycles. The molecule has 0 spiro atoms. The number of ether oxygens (including phenoxy) is 2. The first-order valence-electron chi connectivity index (χ1n) is 11.2. The minimum atomic E-state index is -0.636. The zero-order chi connectivity index (χ0) is 25.1. The Hall–Kier alpha value is -2.29. The average Bonchev–Trinajstić information content (AvgIpc) is 2.68. The highest BCUT2D eigenvalue weighted by Crippen LogP contribution is 2.31. The van der Waals surface area contributed by atoms with Gasteiger partial charge in [-0.05, 0) is 72.7 Å². The third kappa shape index (κ3) is 13.1. The van der Waals surface area contributed by atoms with Crippen molar-refractivity contribution in [1.29, 1.82) is 0 Å². The number of alkyl carbamates (subject to hydrolysis) is 1. The Balaban J connectivity index is 2.12. The fourth-order valence-corrected chi connectivity index (χ4v) is 3.15. The molecular weight excluding hydrogens is 490 g/mol. The zero-order valence-electron chi connectivity index (χ0n) is 20.6. The van der Waals surface area contributed by atoms with Crippen LogP contribution in [-0.4, -0.2) is 49.7 Å². The lowest BCUT2D eigenvalue weighted by Crippen LogP contribution is -2.40. The maximum Gasteiger partial charge on any atom is 0.408 e. The van der Waals surface area contributed by atoms with Crippen LogP contribution in [0, 0.1) is 0 Å². The maximum atomic E-state index is 11.9. The monoisotopic (exact) mass is 527 g/mol. The van der Waals surface area contributed by atoms with E-state index < -0.39 is 11.7 Å². The smallest absolute Gasteiger partial charge is 0.408 e. The van der Waals surface area contributed by atoms with Gasteiger partial charge in [-0.15, -0.1) is 0 Å². The fourth-order valence-electron chi connectivity index (χ4n) is 2.66. The van der Waals surface area contributed by atoms with Gasteiger partial charge in [-0.2, -0.15) is 0 Å². The van der Waals surface area contributed by atoms with Gasteiger partial charge in [0.2, 0.25) is 11.8 Å². The summed E-state index contributed by atoms with van der Waals surface area (Å²) in [5.74, 6) is 0.394. The molecule has 3 N–H and O–H groups in total. The largest absolute Gasteiger partial charge is 0.492 e. The van der Waals surface area contributed by atoms with Gasteiger partial charge in [-0.3, -0.25) is 9.59 Å². The van der Waals surface area contributed by atoms with Crippen molar-refractivity contribution in [1.82, 2.24) is 16.0 Å². The normalized spacial score (nSPS) is 11.5. The second-order valence-electron chi connectivity index (χ2n) is 9.76. The molecule has 0 aliphatic rings. The van der Waals surface area contributed by atoms with Crippen molar-refractivity contribution < 1.29 is 23.9 Å². The molecule has 0 unspecified atom stereocenters. The van der Waals surface area contributed by atoms with E-state index >= 15 is 0 Å². The molecule has 0 atom stereocenters. The lowest BCUT2D eigenvalue weighted by Gasteiger charge is -2.20. The topological polar surface area (TPSA) is 106 Å². The maximum absolute atomic E-state index is 11.9. The molecule has 0 fully saturated rings. The molecule has 0 heterocycles. The van der Waals surface area contributed by atoms with Crippen molar-refractivity contribution in [2.75, 3.05) is 26.2 Å². The third-order valence-electron chi connectivity index (χ3n) is 4.39. The van der Waals surface area contributed by atoms with Crippen LogP contribution in [0.2, 0.25) is 0 Å². The summed E-state index contributed by atoms with van der Waals surface area (Å²) >= 11 is 3.55. The highest BCUT2D eigenvalue weighted by atomic mass is 79.9. The number of amides is 3. The number of hydrogen-bond acceptors (Lipinski definition) is 5. The predicted octanol–water partition coefficient (Wildman–Crippen LogP) is 4.05. The standard InChI is InChI=1S/C24H38BrN3O5/c1-23(2,3)17-10-11-19(18(25)15-17)32-14-7-9-20(29)26-12-8-13-27-21(30)16-28-22(31)33-24(4,5)6/h10-11,15H,7-9,12-14,16H2,1-6H3,(H,26,29)(H,27,30)(H,28,31). The summed E-state index contributed by atoms with van der Waals surface area (Å²) < 4.78 is 11.7. The Labute approximate surface area is 205 Å². The van der Waals surface area contributed by atoms with Crippen LogP contribution in [0.3, 0.4) is 0 Å². The lowest BCUT2D eigenvalue weighted by molar-refractivity contribution is -0.121. The highest BCUT2D eigenvalue weighted by Gasteiger charge is 2.17. The Morgan fingerprint density at radius 1 is 0.909 bits per heavy atom. The SMILES string of the molecule is CC(C)(C)OC(=O)NCC(=O)NCCCNC(=O)CCCOc1ccc(C(C)(C)C)cc1Br. The molecule has 0 aliphatic heterocycles. The van der Waals surface area contributed by atoms with Gasteiger partial charge in [0.15, 0.2) is 0 Å². The molecule has 1 rings (SSSR count). The number of benzene rings is 1. The van der Waals surface area contributed by atoms with Gasteiger partial charge in [0.05, 0.1) is 17.6 Å². The molecule has 0 radical (unpaired) electrons. The molecule has 186 valence electrons. The summed E-state index contributed by atoms with van der Waals surface area (Å²) in [4.78, 5) is 35.1. The molecule has 1 aromatic carbocycles. The lowest BCUT2D eigenvalue weighted by atomic mass is 9.87. The fraction of sp³-hybridized carbons (Fsp3) is 0.625. The molecular formula is C24H38BrN3O5. The Morgan fingerprint density at radius 2 is 1.55 bits per heavy atom. The van der Waals surface area contributed by atoms with Crippen LogP contribution < -0.4 is 20.7 Å². The van der Waals surface area contributed by atoms with Crippen molar-refractivity contribution in [3.8, 4) is 5.75 Å². The molecule has 8 nitrogen and oxygen atoms in total. The minimum absolute atomic E-state index is 0.0568. The summed E-state index contributed by atoms with van der Waals surface area (Å²) in [6, 6.07) is 6.07. The van der Waals surface area contributed by atoms with Gasteiger partial charge >= 0.3 is 6.09 Å². The summed E-state index contributed by atoms with van der Waals surface area (Å²) in [5, 5.41) is 7.89. The second kappa shape index (κ2) is 13.4. The molecule has 33 heavy (non-hydrogen) atoms. The van der Waals surface area contributed by atoms with Gasteiger partial charge in [0.25, 0.3) is 0 Å². The van der Waals surface area contributed by atoms with Crippen molar-refractivity contribution in [2.45, 2.75) is 71.8 Å². The van der Waals surface area contributed by atoms with E-state index in [-0.39, 0.29) is 23.8 Å². The van der Waals surface area contributed by atoms with Crippen LogP contribution in [0.15, 0.2) is 22.7 Å². The molecule has 9 heteroatoms. The van der Waals surface area contributed by atoms with E-state index in [0.717, 1.165) is 10.2 Å². The number of carbonyl (C=O) groups is 3. The Kier molecular flexibility index (Phi) is 11.7. The van der Waals surface area contributed by atoms with E-state index in [1.54, 1.807) is 20.8 Å². The molecule has 3 amide bonds. The predicted molar refractivity (Wildman–Crippen MR) is 132 cm³/mol. The first-order chi connectivity index (χ1) is 15.3. The highest BCUT2D eigenvalue weighted by molar-refractivity contribution is 9.10. The van der Waals surface area contributed by atoms with Crippen LogP contribution >= 0.6 is 15.9 Å². The minimum Gasteiger partial charge on any atom is -0.492 e. The van der Waals surface area contributed by atoms with Crippen molar-refractivity contribution in [2.24, 2.45) is 0 Å². The molecule has 0 saturated heterocycles. The van der Waals surface area contributed by atoms with Crippen LogP contribution in [0.25, 0.3) is 0 Å². The van der Waals surface area contributed by atoms with Crippen molar-refractivity contribution >= 4 is 33.8 Å². The quantitative estimate of drug-likeness (QED) is 0.376. The average molecular weight is 528 g/mol. The van der Waals surface area contributed by atoms with E-state index in [9.17, 15) is 14.4 Å². The molecule has 0 aromatic heterocycles. The Bertz CT molecular complexity index is 800. The van der Waals surface area contributed by atoms with Crippen LogP contribution in [-0.2, 0) is 19.7 Å². The van der Waals surface area contributed by atoms with Gasteiger partial charge in [-0.1, -0.05) is 26.8 Å². The van der Waals surface area contributed by atoms with E-state index in [2.05, 4.69) is 64.8 Å². The van der Waals surface area contributed by atoms with Crippen LogP contribution in [0.1, 0.15) is 66.4 Å². The zero-order valence-corrected chi connectivity index (χ0v) is 22.2. The van der Waals surface area contributed by atoms with Crippen LogP contribution in [0.5, 0.6) is 5.75 Å². The van der Waals surface area contributed by atoms with Crippen molar-refractivity contribution in [3.05, 3.63) is 28.2 Å². The number of nitrogens with one attached hydrogen (secondary N) is 3. The molecule has 1 aromatic rings. The summed E-state index contributed by atoms with van der Waals surface area (Å²) in [6.07, 6.45) is 0.923. The van der Waals surface area contributed by atoms with E-state index in [1.807, 2.05) is 6.07 Å². The van der Waals surface area contributed by atoms with Crippen LogP contribution in [0.4, 0.5) is 4.79 Å². The summed E-state index contributed by atoms with van der Waals surface area (Å²) in [6.45, 7) is 12.9. The second-order valence-corrected chi connectivity index (χ2v) is 10.6. The first-order valence-corrected chi connectivity index (χ1v) is 12.0. The number of halogens is 1. The summed E-state index contributed by atoms with van der Waals surface area (Å²) in [5.41, 5.74) is 0.676. The van der Waals surface area contributed by atoms with Gasteiger partial charge < -0.3 is 25.4 Å². The number of carbonyl (C=O) groups excluding carboxylic acids is 3. The first kappa shape index (κ1) is 28.7. The number of rotatable bonds is 11. The Morgan fingerprint density at radius 3 is 2.12 bits per heavy atom. The molecule has 0 bridgehead atoms. The van der Waals surface area contributed by atoms with E-state index in [0.29, 0.717) is 39.0 Å². The third-order valence-corrected chi connectivity index (χ3v) is 5.01. The van der Waals surface area contributed by atoms with E-state index in [4.69, 9.17) is 9.47 Å². The summed E-state index contributed by atoms with van der Waals surface area (Å²) in [7, 11) is 0. The number of hydrogen-bond donors (Lipinski definition) is 3. The van der Waals surface area contributed by atoms with Crippen molar-refractivity contribution in [3.63, 3.8) is 0 Å². The van der Waals surface area contributed by atoms with Gasteiger partial charge in [-0.25, -0.2) is 4.79 Å².